The first-order chi connectivity index (χ1) is 12.5. The SMILES string of the molecule is Cc1cc(-c2ccnc(N(C)C)n2)cc(-c2nc3cc(Br)ccc3o2)c1. The molecule has 0 radical (unpaired) electrons. The van der Waals surface area contributed by atoms with Gasteiger partial charge in [-0.05, 0) is 55.0 Å². The van der Waals surface area contributed by atoms with E-state index in [2.05, 4.69) is 56.0 Å². The summed E-state index contributed by atoms with van der Waals surface area (Å²) in [6.07, 6.45) is 1.77. The van der Waals surface area contributed by atoms with Crippen LogP contribution in [0.4, 0.5) is 5.95 Å². The molecule has 0 aliphatic heterocycles. The molecule has 0 amide bonds. The predicted octanol–water partition coefficient (Wildman–Crippen LogP) is 5.09. The van der Waals surface area contributed by atoms with Crippen LogP contribution in [0.15, 0.2) is 57.6 Å². The topological polar surface area (TPSA) is 55.1 Å². The fraction of sp³-hybridized carbons (Fsp3) is 0.150. The van der Waals surface area contributed by atoms with E-state index in [9.17, 15) is 0 Å². The Hall–Kier alpha value is -2.73. The standard InChI is InChI=1S/C20H17BrN4O/c1-12-8-13(16-6-7-22-20(24-16)25(2)3)10-14(9-12)19-23-17-11-15(21)4-5-18(17)26-19/h4-11H,1-3H3. The molecule has 0 spiro atoms. The lowest BCUT2D eigenvalue weighted by molar-refractivity contribution is 0.620. The normalized spacial score (nSPS) is 11.1. The van der Waals surface area contributed by atoms with Gasteiger partial charge >= 0.3 is 0 Å². The highest BCUT2D eigenvalue weighted by atomic mass is 79.9. The van der Waals surface area contributed by atoms with Gasteiger partial charge in [-0.1, -0.05) is 15.9 Å². The average molecular weight is 409 g/mol. The molecule has 6 heteroatoms. The highest BCUT2D eigenvalue weighted by molar-refractivity contribution is 9.10. The molecule has 2 aromatic heterocycles. The third-order valence-electron chi connectivity index (χ3n) is 4.01. The third-order valence-corrected chi connectivity index (χ3v) is 4.51. The largest absolute Gasteiger partial charge is 0.436 e. The van der Waals surface area contributed by atoms with E-state index in [1.54, 1.807) is 6.20 Å². The maximum Gasteiger partial charge on any atom is 0.227 e. The first-order valence-corrected chi connectivity index (χ1v) is 8.98. The van der Waals surface area contributed by atoms with Crippen LogP contribution < -0.4 is 4.90 Å². The molecule has 0 fully saturated rings. The molecule has 2 heterocycles. The van der Waals surface area contributed by atoms with Crippen molar-refractivity contribution in [3.8, 4) is 22.7 Å². The zero-order chi connectivity index (χ0) is 18.3. The lowest BCUT2D eigenvalue weighted by Crippen LogP contribution is -2.12. The first-order valence-electron chi connectivity index (χ1n) is 8.18. The molecule has 0 saturated carbocycles. The molecule has 0 aliphatic rings. The van der Waals surface area contributed by atoms with Crippen molar-refractivity contribution in [2.24, 2.45) is 0 Å². The second kappa shape index (κ2) is 6.53. The Bertz CT molecular complexity index is 1100. The number of nitrogens with zero attached hydrogens (tertiary/aromatic N) is 4. The summed E-state index contributed by atoms with van der Waals surface area (Å²) in [6, 6.07) is 13.9. The number of oxazole rings is 1. The van der Waals surface area contributed by atoms with Gasteiger partial charge in [-0.15, -0.1) is 0 Å². The summed E-state index contributed by atoms with van der Waals surface area (Å²) in [5, 5.41) is 0. The van der Waals surface area contributed by atoms with E-state index in [0.717, 1.165) is 38.0 Å². The maximum atomic E-state index is 5.94. The van der Waals surface area contributed by atoms with E-state index in [4.69, 9.17) is 4.42 Å². The third kappa shape index (κ3) is 3.20. The number of hydrogen-bond donors (Lipinski definition) is 0. The van der Waals surface area contributed by atoms with Crippen LogP contribution in [0, 0.1) is 6.92 Å². The number of aryl methyl sites for hydroxylation is 1. The Kier molecular flexibility index (Phi) is 4.20. The van der Waals surface area contributed by atoms with Crippen LogP contribution in [0.2, 0.25) is 0 Å². The van der Waals surface area contributed by atoms with Crippen LogP contribution >= 0.6 is 15.9 Å². The summed E-state index contributed by atoms with van der Waals surface area (Å²) >= 11 is 3.47. The van der Waals surface area contributed by atoms with Gasteiger partial charge in [-0.25, -0.2) is 15.0 Å². The van der Waals surface area contributed by atoms with Crippen molar-refractivity contribution in [1.82, 2.24) is 15.0 Å². The van der Waals surface area contributed by atoms with Crippen molar-refractivity contribution >= 4 is 33.0 Å². The smallest absolute Gasteiger partial charge is 0.227 e. The van der Waals surface area contributed by atoms with E-state index < -0.39 is 0 Å². The summed E-state index contributed by atoms with van der Waals surface area (Å²) in [6.45, 7) is 2.06. The van der Waals surface area contributed by atoms with Crippen LogP contribution in [0.25, 0.3) is 33.8 Å². The van der Waals surface area contributed by atoms with Gasteiger partial charge in [0.25, 0.3) is 0 Å². The Morgan fingerprint density at radius 2 is 1.77 bits per heavy atom. The van der Waals surface area contributed by atoms with Gasteiger partial charge in [-0.2, -0.15) is 0 Å². The molecule has 130 valence electrons. The molecule has 0 aliphatic carbocycles. The van der Waals surface area contributed by atoms with E-state index in [-0.39, 0.29) is 0 Å². The quantitative estimate of drug-likeness (QED) is 0.472. The van der Waals surface area contributed by atoms with Gasteiger partial charge in [0.05, 0.1) is 5.69 Å². The minimum atomic E-state index is 0.602. The van der Waals surface area contributed by atoms with Crippen LogP contribution in [0.5, 0.6) is 0 Å². The van der Waals surface area contributed by atoms with Crippen molar-refractivity contribution in [2.75, 3.05) is 19.0 Å². The molecule has 4 aromatic rings. The van der Waals surface area contributed by atoms with Gasteiger partial charge < -0.3 is 9.32 Å². The molecular weight excluding hydrogens is 392 g/mol. The zero-order valence-electron chi connectivity index (χ0n) is 14.7. The molecule has 0 saturated heterocycles. The minimum Gasteiger partial charge on any atom is -0.436 e. The van der Waals surface area contributed by atoms with E-state index in [1.807, 2.05) is 43.3 Å². The van der Waals surface area contributed by atoms with Crippen LogP contribution in [-0.4, -0.2) is 29.0 Å². The van der Waals surface area contributed by atoms with Crippen LogP contribution in [0.3, 0.4) is 0 Å². The molecule has 0 N–H and O–H groups in total. The van der Waals surface area contributed by atoms with Crippen LogP contribution in [-0.2, 0) is 0 Å². The fourth-order valence-corrected chi connectivity index (χ4v) is 3.15. The van der Waals surface area contributed by atoms with Crippen molar-refractivity contribution in [2.45, 2.75) is 6.92 Å². The van der Waals surface area contributed by atoms with Gasteiger partial charge in [0.1, 0.15) is 5.52 Å². The number of benzene rings is 2. The monoisotopic (exact) mass is 408 g/mol. The Morgan fingerprint density at radius 3 is 2.58 bits per heavy atom. The van der Waals surface area contributed by atoms with Gasteiger partial charge in [0.15, 0.2) is 5.58 Å². The summed E-state index contributed by atoms with van der Waals surface area (Å²) in [5.41, 5.74) is 5.52. The zero-order valence-corrected chi connectivity index (χ0v) is 16.3. The first kappa shape index (κ1) is 16.7. The number of rotatable bonds is 3. The summed E-state index contributed by atoms with van der Waals surface area (Å²) < 4.78 is 6.92. The lowest BCUT2D eigenvalue weighted by Gasteiger charge is -2.11. The summed E-state index contributed by atoms with van der Waals surface area (Å²) in [5.74, 6) is 1.28. The number of hydrogen-bond acceptors (Lipinski definition) is 5. The molecule has 0 unspecified atom stereocenters. The van der Waals surface area contributed by atoms with E-state index in [1.165, 1.54) is 0 Å². The van der Waals surface area contributed by atoms with Crippen LogP contribution in [0.1, 0.15) is 5.56 Å². The maximum absolute atomic E-state index is 5.94. The summed E-state index contributed by atoms with van der Waals surface area (Å²) in [7, 11) is 3.86. The van der Waals surface area contributed by atoms with Crippen molar-refractivity contribution in [3.63, 3.8) is 0 Å². The second-order valence-corrected chi connectivity index (χ2v) is 7.27. The van der Waals surface area contributed by atoms with Gasteiger partial charge in [-0.3, -0.25) is 0 Å². The second-order valence-electron chi connectivity index (χ2n) is 6.36. The molecule has 26 heavy (non-hydrogen) atoms. The van der Waals surface area contributed by atoms with E-state index in [0.29, 0.717) is 11.8 Å². The Morgan fingerprint density at radius 1 is 0.962 bits per heavy atom. The van der Waals surface area contributed by atoms with Gasteiger partial charge in [0.2, 0.25) is 11.8 Å². The Labute approximate surface area is 159 Å². The van der Waals surface area contributed by atoms with Gasteiger partial charge in [0, 0.05) is 35.9 Å². The molecule has 0 bridgehead atoms. The average Bonchev–Trinajstić information content (AvgIpc) is 3.04. The molecule has 5 nitrogen and oxygen atoms in total. The highest BCUT2D eigenvalue weighted by Crippen LogP contribution is 2.30. The van der Waals surface area contributed by atoms with Crippen molar-refractivity contribution in [3.05, 3.63) is 58.7 Å². The molecular formula is C20H17BrN4O. The number of halogens is 1. The van der Waals surface area contributed by atoms with Crippen molar-refractivity contribution in [1.29, 1.82) is 0 Å². The minimum absolute atomic E-state index is 0.602. The molecule has 2 aromatic carbocycles. The van der Waals surface area contributed by atoms with E-state index >= 15 is 0 Å². The summed E-state index contributed by atoms with van der Waals surface area (Å²) in [4.78, 5) is 15.4. The van der Waals surface area contributed by atoms with Crippen molar-refractivity contribution < 1.29 is 4.42 Å². The fourth-order valence-electron chi connectivity index (χ4n) is 2.80. The Balaban J connectivity index is 1.82. The number of fused-ring (bicyclic) bond motifs is 1. The molecule has 0 atom stereocenters. The number of anilines is 1. The lowest BCUT2D eigenvalue weighted by atomic mass is 10.0. The molecule has 4 rings (SSSR count). The highest BCUT2D eigenvalue weighted by Gasteiger charge is 2.12. The predicted molar refractivity (Wildman–Crippen MR) is 107 cm³/mol. The number of aromatic nitrogens is 3.